The van der Waals surface area contributed by atoms with E-state index in [1.807, 2.05) is 54.6 Å². The molecule has 2 rings (SSSR count). The van der Waals surface area contributed by atoms with Gasteiger partial charge in [-0.3, -0.25) is 0 Å². The van der Waals surface area contributed by atoms with Crippen molar-refractivity contribution in [3.05, 3.63) is 65.7 Å². The maximum absolute atomic E-state index is 5.68. The van der Waals surface area contributed by atoms with Crippen molar-refractivity contribution in [3.8, 4) is 17.6 Å². The van der Waals surface area contributed by atoms with Gasteiger partial charge in [0.05, 0.1) is 5.88 Å². The summed E-state index contributed by atoms with van der Waals surface area (Å²) >= 11 is 5.50. The molecular formula is C16H13ClO. The molecule has 0 fully saturated rings. The van der Waals surface area contributed by atoms with Crippen molar-refractivity contribution < 1.29 is 4.74 Å². The molecule has 1 nitrogen and oxygen atoms in total. The summed E-state index contributed by atoms with van der Waals surface area (Å²) in [6.45, 7) is 0.577. The van der Waals surface area contributed by atoms with Gasteiger partial charge in [0.1, 0.15) is 12.4 Å². The van der Waals surface area contributed by atoms with Crippen LogP contribution in [0, 0.1) is 11.8 Å². The molecule has 0 unspecified atom stereocenters. The zero-order valence-corrected chi connectivity index (χ0v) is 10.7. The van der Waals surface area contributed by atoms with Crippen LogP contribution in [-0.2, 0) is 6.61 Å². The van der Waals surface area contributed by atoms with Gasteiger partial charge in [0.25, 0.3) is 0 Å². The van der Waals surface area contributed by atoms with Crippen molar-refractivity contribution in [2.45, 2.75) is 6.61 Å². The molecular weight excluding hydrogens is 244 g/mol. The van der Waals surface area contributed by atoms with Gasteiger partial charge in [-0.2, -0.15) is 0 Å². The van der Waals surface area contributed by atoms with Crippen molar-refractivity contribution in [2.75, 3.05) is 5.88 Å². The molecule has 0 amide bonds. The fourth-order valence-corrected chi connectivity index (χ4v) is 1.58. The van der Waals surface area contributed by atoms with Crippen LogP contribution in [0.1, 0.15) is 11.1 Å². The number of rotatable bonds is 3. The van der Waals surface area contributed by atoms with Gasteiger partial charge in [-0.25, -0.2) is 0 Å². The highest BCUT2D eigenvalue weighted by molar-refractivity contribution is 6.19. The van der Waals surface area contributed by atoms with Crippen LogP contribution < -0.4 is 4.74 Å². The molecule has 0 spiro atoms. The number of ether oxygens (including phenoxy) is 1. The monoisotopic (exact) mass is 256 g/mol. The average molecular weight is 257 g/mol. The van der Waals surface area contributed by atoms with Gasteiger partial charge in [0, 0.05) is 5.56 Å². The average Bonchev–Trinajstić information content (AvgIpc) is 2.45. The van der Waals surface area contributed by atoms with E-state index in [1.54, 1.807) is 0 Å². The van der Waals surface area contributed by atoms with Crippen LogP contribution in [0.4, 0.5) is 0 Å². The Morgan fingerprint density at radius 2 is 1.67 bits per heavy atom. The number of halogens is 1. The molecule has 2 aromatic rings. The van der Waals surface area contributed by atoms with E-state index in [0.29, 0.717) is 12.5 Å². The lowest BCUT2D eigenvalue weighted by molar-refractivity contribution is 0.306. The molecule has 90 valence electrons. The van der Waals surface area contributed by atoms with E-state index in [2.05, 4.69) is 11.8 Å². The topological polar surface area (TPSA) is 9.23 Å². The summed E-state index contributed by atoms with van der Waals surface area (Å²) in [5.74, 6) is 6.97. The lowest BCUT2D eigenvalue weighted by Gasteiger charge is -2.05. The Morgan fingerprint density at radius 1 is 0.944 bits per heavy atom. The van der Waals surface area contributed by atoms with Gasteiger partial charge in [0.15, 0.2) is 0 Å². The SMILES string of the molecule is ClCC#Cc1ccc(OCc2ccccc2)cc1. The molecule has 0 heterocycles. The highest BCUT2D eigenvalue weighted by atomic mass is 35.5. The summed E-state index contributed by atoms with van der Waals surface area (Å²) in [4.78, 5) is 0. The fourth-order valence-electron chi connectivity index (χ4n) is 1.51. The van der Waals surface area contributed by atoms with Gasteiger partial charge < -0.3 is 4.74 Å². The van der Waals surface area contributed by atoms with E-state index in [-0.39, 0.29) is 0 Å². The first-order chi connectivity index (χ1) is 8.88. The number of benzene rings is 2. The lowest BCUT2D eigenvalue weighted by atomic mass is 10.2. The second kappa shape index (κ2) is 6.74. The zero-order valence-electron chi connectivity index (χ0n) is 9.90. The summed E-state index contributed by atoms with van der Waals surface area (Å²) in [7, 11) is 0. The zero-order chi connectivity index (χ0) is 12.6. The first kappa shape index (κ1) is 12.5. The Bertz CT molecular complexity index is 535. The van der Waals surface area contributed by atoms with Crippen LogP contribution >= 0.6 is 11.6 Å². The predicted octanol–water partition coefficient (Wildman–Crippen LogP) is 3.86. The van der Waals surface area contributed by atoms with E-state index < -0.39 is 0 Å². The van der Waals surface area contributed by atoms with Crippen LogP contribution in [0.15, 0.2) is 54.6 Å². The molecule has 0 radical (unpaired) electrons. The highest BCUT2D eigenvalue weighted by Gasteiger charge is 1.95. The molecule has 0 N–H and O–H groups in total. The van der Waals surface area contributed by atoms with Crippen LogP contribution in [0.5, 0.6) is 5.75 Å². The van der Waals surface area contributed by atoms with E-state index in [9.17, 15) is 0 Å². The molecule has 18 heavy (non-hydrogen) atoms. The molecule has 0 bridgehead atoms. The van der Waals surface area contributed by atoms with Gasteiger partial charge >= 0.3 is 0 Å². The summed E-state index contributed by atoms with van der Waals surface area (Å²) in [5, 5.41) is 0. The summed E-state index contributed by atoms with van der Waals surface area (Å²) < 4.78 is 5.68. The van der Waals surface area contributed by atoms with Crippen LogP contribution in [0.2, 0.25) is 0 Å². The number of hydrogen-bond acceptors (Lipinski definition) is 1. The minimum Gasteiger partial charge on any atom is -0.489 e. The normalized spacial score (nSPS) is 9.39. The number of hydrogen-bond donors (Lipinski definition) is 0. The smallest absolute Gasteiger partial charge is 0.119 e. The Morgan fingerprint density at radius 3 is 2.33 bits per heavy atom. The Kier molecular flexibility index (Phi) is 4.69. The summed E-state index contributed by atoms with van der Waals surface area (Å²) in [5.41, 5.74) is 2.10. The highest BCUT2D eigenvalue weighted by Crippen LogP contribution is 2.13. The molecule has 2 heteroatoms. The van der Waals surface area contributed by atoms with Crippen molar-refractivity contribution in [1.82, 2.24) is 0 Å². The Balaban J connectivity index is 1.94. The molecule has 0 saturated carbocycles. The summed E-state index contributed by atoms with van der Waals surface area (Å²) in [6, 6.07) is 17.8. The second-order valence-electron chi connectivity index (χ2n) is 3.73. The molecule has 0 aliphatic heterocycles. The third-order valence-electron chi connectivity index (χ3n) is 2.40. The van der Waals surface area contributed by atoms with Gasteiger partial charge in [-0.05, 0) is 29.8 Å². The molecule has 0 saturated heterocycles. The van der Waals surface area contributed by atoms with Gasteiger partial charge in [0.2, 0.25) is 0 Å². The molecule has 0 aliphatic rings. The van der Waals surface area contributed by atoms with Crippen molar-refractivity contribution in [1.29, 1.82) is 0 Å². The van der Waals surface area contributed by atoms with E-state index in [1.165, 1.54) is 0 Å². The standard InChI is InChI=1S/C16H13ClO/c17-12-4-7-14-8-10-16(11-9-14)18-13-15-5-2-1-3-6-15/h1-3,5-6,8-11H,12-13H2. The molecule has 2 aromatic carbocycles. The van der Waals surface area contributed by atoms with Crippen LogP contribution in [0.25, 0.3) is 0 Å². The lowest BCUT2D eigenvalue weighted by Crippen LogP contribution is -1.94. The van der Waals surface area contributed by atoms with Crippen molar-refractivity contribution in [2.24, 2.45) is 0 Å². The van der Waals surface area contributed by atoms with Gasteiger partial charge in [-0.1, -0.05) is 42.2 Å². The van der Waals surface area contributed by atoms with E-state index in [4.69, 9.17) is 16.3 Å². The van der Waals surface area contributed by atoms with Crippen molar-refractivity contribution >= 4 is 11.6 Å². The molecule has 0 aromatic heterocycles. The first-order valence-corrected chi connectivity index (χ1v) is 6.23. The quantitative estimate of drug-likeness (QED) is 0.599. The maximum Gasteiger partial charge on any atom is 0.119 e. The minimum absolute atomic E-state index is 0.353. The maximum atomic E-state index is 5.68. The summed E-state index contributed by atoms with van der Waals surface area (Å²) in [6.07, 6.45) is 0. The third kappa shape index (κ3) is 3.84. The van der Waals surface area contributed by atoms with Crippen LogP contribution in [0.3, 0.4) is 0 Å². The Labute approximate surface area is 112 Å². The van der Waals surface area contributed by atoms with Crippen molar-refractivity contribution in [3.63, 3.8) is 0 Å². The van der Waals surface area contributed by atoms with Crippen LogP contribution in [-0.4, -0.2) is 5.88 Å². The van der Waals surface area contributed by atoms with Gasteiger partial charge in [-0.15, -0.1) is 11.6 Å². The number of alkyl halides is 1. The second-order valence-corrected chi connectivity index (χ2v) is 4.00. The largest absolute Gasteiger partial charge is 0.489 e. The first-order valence-electron chi connectivity index (χ1n) is 5.70. The predicted molar refractivity (Wildman–Crippen MR) is 74.8 cm³/mol. The van der Waals surface area contributed by atoms with E-state index in [0.717, 1.165) is 16.9 Å². The fraction of sp³-hybridized carbons (Fsp3) is 0.125. The minimum atomic E-state index is 0.353. The molecule has 0 atom stereocenters. The third-order valence-corrected chi connectivity index (χ3v) is 2.54. The molecule has 0 aliphatic carbocycles. The Hall–Kier alpha value is -1.91. The van der Waals surface area contributed by atoms with E-state index >= 15 is 0 Å².